The van der Waals surface area contributed by atoms with E-state index in [4.69, 9.17) is 0 Å². The molecule has 0 amide bonds. The number of piperidine rings is 1. The van der Waals surface area contributed by atoms with Gasteiger partial charge in [-0.2, -0.15) is 0 Å². The molecule has 4 unspecified atom stereocenters. The lowest BCUT2D eigenvalue weighted by molar-refractivity contribution is -0.0808. The summed E-state index contributed by atoms with van der Waals surface area (Å²) in [5.74, 6) is 2.69. The zero-order chi connectivity index (χ0) is 11.2. The Bertz CT molecular complexity index is 231. The first-order valence-electron chi connectivity index (χ1n) is 6.69. The molecule has 0 bridgehead atoms. The first-order valence-corrected chi connectivity index (χ1v) is 6.69. The van der Waals surface area contributed by atoms with Crippen LogP contribution in [0.5, 0.6) is 0 Å². The maximum atomic E-state index is 2.68. The van der Waals surface area contributed by atoms with E-state index in [1.165, 1.54) is 25.7 Å². The van der Waals surface area contributed by atoms with Gasteiger partial charge in [-0.15, -0.1) is 0 Å². The largest absolute Gasteiger partial charge is 0.298 e. The first kappa shape index (κ1) is 11.4. The van der Waals surface area contributed by atoms with Gasteiger partial charge in [0.15, 0.2) is 0 Å². The van der Waals surface area contributed by atoms with Gasteiger partial charge >= 0.3 is 0 Å². The molecule has 0 N–H and O–H groups in total. The van der Waals surface area contributed by atoms with E-state index in [0.717, 1.165) is 23.8 Å². The van der Waals surface area contributed by atoms with Crippen LogP contribution >= 0.6 is 0 Å². The summed E-state index contributed by atoms with van der Waals surface area (Å²) in [5.41, 5.74) is 0.387. The van der Waals surface area contributed by atoms with Crippen LogP contribution < -0.4 is 0 Å². The molecule has 15 heavy (non-hydrogen) atoms. The average molecular weight is 209 g/mol. The zero-order valence-corrected chi connectivity index (χ0v) is 11.1. The SMILES string of the molecule is CC1C2CCCCC2N(C)C(C)(C)C1C. The van der Waals surface area contributed by atoms with Crippen molar-refractivity contribution in [3.8, 4) is 0 Å². The summed E-state index contributed by atoms with van der Waals surface area (Å²) >= 11 is 0. The van der Waals surface area contributed by atoms with E-state index < -0.39 is 0 Å². The third kappa shape index (κ3) is 1.63. The molecule has 1 aliphatic carbocycles. The minimum Gasteiger partial charge on any atom is -0.298 e. The number of rotatable bonds is 0. The fourth-order valence-electron chi connectivity index (χ4n) is 4.00. The lowest BCUT2D eigenvalue weighted by Gasteiger charge is -2.58. The van der Waals surface area contributed by atoms with Crippen LogP contribution in [0.25, 0.3) is 0 Å². The van der Waals surface area contributed by atoms with Gasteiger partial charge in [-0.1, -0.05) is 26.7 Å². The topological polar surface area (TPSA) is 3.24 Å². The zero-order valence-electron chi connectivity index (χ0n) is 11.1. The maximum absolute atomic E-state index is 2.68. The van der Waals surface area contributed by atoms with Crippen molar-refractivity contribution in [3.63, 3.8) is 0 Å². The molecule has 88 valence electrons. The van der Waals surface area contributed by atoms with Crippen LogP contribution in [0, 0.1) is 17.8 Å². The summed E-state index contributed by atoms with van der Waals surface area (Å²) in [4.78, 5) is 2.68. The van der Waals surface area contributed by atoms with E-state index in [2.05, 4.69) is 39.6 Å². The second kappa shape index (κ2) is 3.76. The van der Waals surface area contributed by atoms with Crippen molar-refractivity contribution in [1.82, 2.24) is 4.90 Å². The Balaban J connectivity index is 2.25. The van der Waals surface area contributed by atoms with Crippen LogP contribution in [0.2, 0.25) is 0 Å². The molecule has 0 aromatic heterocycles. The molecule has 4 atom stereocenters. The van der Waals surface area contributed by atoms with Crippen molar-refractivity contribution in [2.75, 3.05) is 7.05 Å². The molecule has 1 saturated carbocycles. The second-order valence-corrected chi connectivity index (χ2v) is 6.43. The molecule has 1 heterocycles. The minimum atomic E-state index is 0.387. The molecule has 1 saturated heterocycles. The molecule has 2 rings (SSSR count). The Morgan fingerprint density at radius 2 is 1.67 bits per heavy atom. The van der Waals surface area contributed by atoms with Gasteiger partial charge in [-0.3, -0.25) is 4.90 Å². The molecule has 0 radical (unpaired) electrons. The van der Waals surface area contributed by atoms with Gasteiger partial charge < -0.3 is 0 Å². The summed E-state index contributed by atoms with van der Waals surface area (Å²) in [7, 11) is 2.35. The Hall–Kier alpha value is -0.0400. The molecule has 2 aliphatic rings. The number of hydrogen-bond donors (Lipinski definition) is 0. The second-order valence-electron chi connectivity index (χ2n) is 6.43. The van der Waals surface area contributed by atoms with Crippen molar-refractivity contribution in [2.45, 2.75) is 65.0 Å². The fourth-order valence-corrected chi connectivity index (χ4v) is 4.00. The van der Waals surface area contributed by atoms with Gasteiger partial charge in [0, 0.05) is 11.6 Å². The van der Waals surface area contributed by atoms with Crippen molar-refractivity contribution in [3.05, 3.63) is 0 Å². The molecule has 0 aromatic rings. The van der Waals surface area contributed by atoms with Crippen LogP contribution in [0.15, 0.2) is 0 Å². The highest BCUT2D eigenvalue weighted by Gasteiger charge is 2.48. The van der Waals surface area contributed by atoms with Gasteiger partial charge in [-0.25, -0.2) is 0 Å². The predicted molar refractivity (Wildman–Crippen MR) is 65.9 cm³/mol. The lowest BCUT2D eigenvalue weighted by atomic mass is 9.62. The molecule has 1 aliphatic heterocycles. The van der Waals surface area contributed by atoms with Gasteiger partial charge in [0.1, 0.15) is 0 Å². The van der Waals surface area contributed by atoms with Gasteiger partial charge in [0.25, 0.3) is 0 Å². The highest BCUT2D eigenvalue weighted by molar-refractivity contribution is 5.01. The quantitative estimate of drug-likeness (QED) is 0.590. The summed E-state index contributed by atoms with van der Waals surface area (Å²) in [6.07, 6.45) is 5.81. The highest BCUT2D eigenvalue weighted by atomic mass is 15.2. The van der Waals surface area contributed by atoms with Crippen LogP contribution in [0.3, 0.4) is 0 Å². The van der Waals surface area contributed by atoms with E-state index in [1.807, 2.05) is 0 Å². The Labute approximate surface area is 95.2 Å². The van der Waals surface area contributed by atoms with Crippen LogP contribution in [-0.2, 0) is 0 Å². The van der Waals surface area contributed by atoms with Crippen LogP contribution in [0.1, 0.15) is 53.4 Å². The van der Waals surface area contributed by atoms with E-state index in [-0.39, 0.29) is 0 Å². The van der Waals surface area contributed by atoms with Gasteiger partial charge in [-0.05, 0) is 51.5 Å². The molecule has 1 nitrogen and oxygen atoms in total. The van der Waals surface area contributed by atoms with Crippen molar-refractivity contribution < 1.29 is 0 Å². The third-order valence-electron chi connectivity index (χ3n) is 5.77. The lowest BCUT2D eigenvalue weighted by Crippen LogP contribution is -2.62. The summed E-state index contributed by atoms with van der Waals surface area (Å²) < 4.78 is 0. The van der Waals surface area contributed by atoms with E-state index >= 15 is 0 Å². The summed E-state index contributed by atoms with van der Waals surface area (Å²) in [5, 5.41) is 0. The predicted octanol–water partition coefficient (Wildman–Crippen LogP) is 3.54. The minimum absolute atomic E-state index is 0.387. The fraction of sp³-hybridized carbons (Fsp3) is 1.00. The van der Waals surface area contributed by atoms with Crippen molar-refractivity contribution in [2.24, 2.45) is 17.8 Å². The van der Waals surface area contributed by atoms with E-state index in [9.17, 15) is 0 Å². The normalized spacial score (nSPS) is 46.2. The Kier molecular flexibility index (Phi) is 2.87. The maximum Gasteiger partial charge on any atom is 0.0181 e. The first-order chi connectivity index (χ1) is 6.96. The van der Waals surface area contributed by atoms with Crippen molar-refractivity contribution >= 4 is 0 Å². The molecular weight excluding hydrogens is 182 g/mol. The van der Waals surface area contributed by atoms with E-state index in [1.54, 1.807) is 0 Å². The molecule has 0 spiro atoms. The standard InChI is InChI=1S/C14H27N/c1-10-11(2)14(3,4)15(5)13-9-7-6-8-12(10)13/h10-13H,6-9H2,1-5H3. The molecule has 1 heteroatoms. The summed E-state index contributed by atoms with van der Waals surface area (Å²) in [6, 6.07) is 0.861. The highest BCUT2D eigenvalue weighted by Crippen LogP contribution is 2.47. The average Bonchev–Trinajstić information content (AvgIpc) is 2.24. The number of hydrogen-bond acceptors (Lipinski definition) is 1. The van der Waals surface area contributed by atoms with Crippen LogP contribution in [0.4, 0.5) is 0 Å². The monoisotopic (exact) mass is 209 g/mol. The molecule has 2 fully saturated rings. The number of nitrogens with zero attached hydrogens (tertiary/aromatic N) is 1. The molecular formula is C14H27N. The van der Waals surface area contributed by atoms with Crippen LogP contribution in [-0.4, -0.2) is 23.5 Å². The smallest absolute Gasteiger partial charge is 0.0181 e. The summed E-state index contributed by atoms with van der Waals surface area (Å²) in [6.45, 7) is 9.80. The van der Waals surface area contributed by atoms with Gasteiger partial charge in [0.2, 0.25) is 0 Å². The van der Waals surface area contributed by atoms with E-state index in [0.29, 0.717) is 5.54 Å². The Morgan fingerprint density at radius 1 is 1.07 bits per heavy atom. The third-order valence-corrected chi connectivity index (χ3v) is 5.77. The number of likely N-dealkylation sites (tertiary alicyclic amines) is 1. The van der Waals surface area contributed by atoms with Crippen molar-refractivity contribution in [1.29, 1.82) is 0 Å². The number of fused-ring (bicyclic) bond motifs is 1. The van der Waals surface area contributed by atoms with Gasteiger partial charge in [0.05, 0.1) is 0 Å². The Morgan fingerprint density at radius 3 is 2.33 bits per heavy atom. The molecule has 0 aromatic carbocycles.